The lowest BCUT2D eigenvalue weighted by molar-refractivity contribution is -0.165. The Morgan fingerprint density at radius 2 is 1.87 bits per heavy atom. The molecule has 9 nitrogen and oxygen atoms in total. The number of nitrogens with one attached hydrogen (secondary N) is 1. The molecular formula is C28H31ClN4O5. The molecule has 2 N–H and O–H groups in total. The van der Waals surface area contributed by atoms with Crippen LogP contribution >= 0.6 is 11.6 Å². The second-order valence-corrected chi connectivity index (χ2v) is 10.7. The molecular weight excluding hydrogens is 508 g/mol. The summed E-state index contributed by atoms with van der Waals surface area (Å²) in [5, 5.41) is 20.8. The molecule has 1 atom stereocenters. The van der Waals surface area contributed by atoms with Gasteiger partial charge in [-0.3, -0.25) is 10.1 Å². The summed E-state index contributed by atoms with van der Waals surface area (Å²) in [7, 11) is 1.70. The van der Waals surface area contributed by atoms with Crippen LogP contribution in [0.4, 0.5) is 10.6 Å². The van der Waals surface area contributed by atoms with Crippen LogP contribution in [-0.4, -0.2) is 44.4 Å². The van der Waals surface area contributed by atoms with Crippen molar-refractivity contribution in [3.05, 3.63) is 64.7 Å². The SMILES string of the molecule is C[C@@H](OC(=O)Nc1c(-c2ccc(C34CCC(CCC(=O)O)(CC3)OC4)cc2)nnn1C)c1ccccc1Cl. The molecule has 1 amide bonds. The highest BCUT2D eigenvalue weighted by molar-refractivity contribution is 6.31. The predicted octanol–water partition coefficient (Wildman–Crippen LogP) is 5.89. The van der Waals surface area contributed by atoms with Gasteiger partial charge >= 0.3 is 12.1 Å². The number of carbonyl (C=O) groups is 2. The van der Waals surface area contributed by atoms with Gasteiger partial charge in [0.15, 0.2) is 5.82 Å². The third kappa shape index (κ3) is 5.13. The number of aromatic nitrogens is 3. The van der Waals surface area contributed by atoms with Crippen LogP contribution < -0.4 is 5.32 Å². The average Bonchev–Trinajstić information content (AvgIpc) is 3.28. The third-order valence-corrected chi connectivity index (χ3v) is 8.36. The van der Waals surface area contributed by atoms with Crippen LogP contribution in [0.3, 0.4) is 0 Å². The average molecular weight is 539 g/mol. The van der Waals surface area contributed by atoms with Crippen molar-refractivity contribution in [1.82, 2.24) is 15.0 Å². The van der Waals surface area contributed by atoms with Gasteiger partial charge in [0.2, 0.25) is 0 Å². The van der Waals surface area contributed by atoms with Crippen LogP contribution in [-0.2, 0) is 26.7 Å². The lowest BCUT2D eigenvalue weighted by Gasteiger charge is -2.53. The summed E-state index contributed by atoms with van der Waals surface area (Å²) in [6.45, 7) is 2.36. The maximum atomic E-state index is 12.7. The van der Waals surface area contributed by atoms with E-state index in [0.29, 0.717) is 29.6 Å². The Labute approximate surface area is 226 Å². The van der Waals surface area contributed by atoms with E-state index >= 15 is 0 Å². The van der Waals surface area contributed by atoms with Crippen molar-refractivity contribution >= 4 is 29.5 Å². The number of carboxylic acid groups (broad SMARTS) is 1. The van der Waals surface area contributed by atoms with Gasteiger partial charge in [0, 0.05) is 35.0 Å². The van der Waals surface area contributed by atoms with Crippen LogP contribution in [0, 0.1) is 0 Å². The highest BCUT2D eigenvalue weighted by Crippen LogP contribution is 2.52. The monoisotopic (exact) mass is 538 g/mol. The second kappa shape index (κ2) is 10.4. The minimum Gasteiger partial charge on any atom is -0.481 e. The Balaban J connectivity index is 1.27. The maximum Gasteiger partial charge on any atom is 0.413 e. The number of aryl methyl sites for hydroxylation is 1. The number of ether oxygens (including phenoxy) is 2. The molecule has 3 aromatic rings. The summed E-state index contributed by atoms with van der Waals surface area (Å²) >= 11 is 6.23. The zero-order valence-corrected chi connectivity index (χ0v) is 22.2. The molecule has 1 aliphatic carbocycles. The number of hydrogen-bond acceptors (Lipinski definition) is 6. The number of fused-ring (bicyclic) bond motifs is 3. The maximum absolute atomic E-state index is 12.7. The number of rotatable bonds is 8. The lowest BCUT2D eigenvalue weighted by atomic mass is 9.62. The predicted molar refractivity (Wildman–Crippen MR) is 142 cm³/mol. The summed E-state index contributed by atoms with van der Waals surface area (Å²) in [6, 6.07) is 15.4. The van der Waals surface area contributed by atoms with Crippen LogP contribution in [0.15, 0.2) is 48.5 Å². The first-order chi connectivity index (χ1) is 18.2. The fourth-order valence-electron chi connectivity index (χ4n) is 5.62. The fourth-order valence-corrected chi connectivity index (χ4v) is 5.91. The number of anilines is 1. The molecule has 1 aromatic heterocycles. The Kier molecular flexibility index (Phi) is 7.15. The van der Waals surface area contributed by atoms with Gasteiger partial charge in [0.1, 0.15) is 11.8 Å². The van der Waals surface area contributed by atoms with Crippen molar-refractivity contribution in [2.45, 2.75) is 62.6 Å². The number of halogens is 1. The molecule has 3 fully saturated rings. The van der Waals surface area contributed by atoms with Crippen LogP contribution in [0.1, 0.15) is 62.7 Å². The van der Waals surface area contributed by atoms with Crippen LogP contribution in [0.2, 0.25) is 5.02 Å². The highest BCUT2D eigenvalue weighted by Gasteiger charge is 2.50. The summed E-state index contributed by atoms with van der Waals surface area (Å²) in [4.78, 5) is 23.8. The summed E-state index contributed by atoms with van der Waals surface area (Å²) in [6.07, 6.45) is 3.22. The normalized spacial score (nSPS) is 23.1. The number of carboxylic acids is 1. The Morgan fingerprint density at radius 1 is 1.16 bits per heavy atom. The van der Waals surface area contributed by atoms with Gasteiger partial charge < -0.3 is 14.6 Å². The number of aliphatic carboxylic acids is 1. The molecule has 0 unspecified atom stereocenters. The van der Waals surface area contributed by atoms with Gasteiger partial charge in [-0.2, -0.15) is 0 Å². The van der Waals surface area contributed by atoms with Crippen LogP contribution in [0.5, 0.6) is 0 Å². The Morgan fingerprint density at radius 3 is 2.50 bits per heavy atom. The molecule has 10 heteroatoms. The van der Waals surface area contributed by atoms with Gasteiger partial charge in [-0.15, -0.1) is 5.10 Å². The first-order valence-corrected chi connectivity index (χ1v) is 13.2. The Hall–Kier alpha value is -3.43. The van der Waals surface area contributed by atoms with E-state index in [9.17, 15) is 9.59 Å². The number of nitrogens with zero attached hydrogens (tertiary/aromatic N) is 3. The van der Waals surface area contributed by atoms with Crippen molar-refractivity contribution in [3.8, 4) is 11.3 Å². The number of benzene rings is 2. The van der Waals surface area contributed by atoms with E-state index in [4.69, 9.17) is 26.2 Å². The molecule has 200 valence electrons. The molecule has 3 heterocycles. The highest BCUT2D eigenvalue weighted by atomic mass is 35.5. The first-order valence-electron chi connectivity index (χ1n) is 12.8. The number of amides is 1. The third-order valence-electron chi connectivity index (χ3n) is 8.01. The van der Waals surface area contributed by atoms with Gasteiger partial charge in [-0.1, -0.05) is 59.3 Å². The van der Waals surface area contributed by atoms with Gasteiger partial charge in [-0.05, 0) is 50.7 Å². The van der Waals surface area contributed by atoms with E-state index in [0.717, 1.165) is 36.8 Å². The van der Waals surface area contributed by atoms with Crippen molar-refractivity contribution in [2.75, 3.05) is 11.9 Å². The molecule has 1 saturated carbocycles. The van der Waals surface area contributed by atoms with Gasteiger partial charge in [0.25, 0.3) is 0 Å². The van der Waals surface area contributed by atoms with E-state index in [1.807, 2.05) is 30.3 Å². The van der Waals surface area contributed by atoms with E-state index in [2.05, 4.69) is 27.8 Å². The summed E-state index contributed by atoms with van der Waals surface area (Å²) in [5.41, 5.74) is 2.91. The van der Waals surface area contributed by atoms with E-state index in [1.54, 1.807) is 20.0 Å². The zero-order chi connectivity index (χ0) is 26.9. The van der Waals surface area contributed by atoms with Gasteiger partial charge in [-0.25, -0.2) is 9.48 Å². The lowest BCUT2D eigenvalue weighted by Crippen LogP contribution is -2.53. The smallest absolute Gasteiger partial charge is 0.413 e. The number of carbonyl (C=O) groups excluding carboxylic acids is 1. The van der Waals surface area contributed by atoms with Crippen molar-refractivity contribution in [3.63, 3.8) is 0 Å². The molecule has 2 aliphatic heterocycles. The molecule has 0 radical (unpaired) electrons. The van der Waals surface area contributed by atoms with Crippen molar-refractivity contribution < 1.29 is 24.2 Å². The quantitative estimate of drug-likeness (QED) is 0.367. The standard InChI is InChI=1S/C28H31ClN4O5/c1-18(21-5-3-4-6-22(21)29)38-26(36)30-25-24(31-32-33(25)2)19-7-9-20(10-8-19)27-13-15-28(16-14-27,37-17-27)12-11-23(34)35/h3-10,18H,11-17H2,1-2H3,(H,30,36)(H,34,35)/t18-,27?,28?/m1/s1. The number of hydrogen-bond donors (Lipinski definition) is 2. The molecule has 2 saturated heterocycles. The minimum atomic E-state index is -0.776. The minimum absolute atomic E-state index is 0.0639. The molecule has 2 bridgehead atoms. The molecule has 38 heavy (non-hydrogen) atoms. The Bertz CT molecular complexity index is 1310. The summed E-state index contributed by atoms with van der Waals surface area (Å²) < 4.78 is 13.3. The van der Waals surface area contributed by atoms with Crippen molar-refractivity contribution in [1.29, 1.82) is 0 Å². The molecule has 0 spiro atoms. The zero-order valence-electron chi connectivity index (χ0n) is 21.4. The van der Waals surface area contributed by atoms with Gasteiger partial charge in [0.05, 0.1) is 12.2 Å². The molecule has 2 aromatic carbocycles. The van der Waals surface area contributed by atoms with E-state index in [1.165, 1.54) is 10.2 Å². The molecule has 6 rings (SSSR count). The van der Waals surface area contributed by atoms with E-state index < -0.39 is 18.2 Å². The van der Waals surface area contributed by atoms with Crippen molar-refractivity contribution in [2.24, 2.45) is 7.05 Å². The molecule has 3 aliphatic rings. The van der Waals surface area contributed by atoms with Crippen LogP contribution in [0.25, 0.3) is 11.3 Å². The largest absolute Gasteiger partial charge is 0.481 e. The van der Waals surface area contributed by atoms with E-state index in [-0.39, 0.29) is 17.4 Å². The first kappa shape index (κ1) is 26.2. The second-order valence-electron chi connectivity index (χ2n) is 10.3. The fraction of sp³-hybridized carbons (Fsp3) is 0.429. The topological polar surface area (TPSA) is 116 Å². The summed E-state index contributed by atoms with van der Waals surface area (Å²) in [5.74, 6) is -0.351.